The molecule has 1 unspecified atom stereocenters. The third-order valence-electron chi connectivity index (χ3n) is 2.79. The molecular formula is H16Si8. The Balaban J connectivity index is 2.54. The van der Waals surface area contributed by atoms with Crippen LogP contribution in [-0.4, -0.2) is 68.4 Å². The maximum Gasteiger partial charge on any atom is -0.00538 e. The zero-order chi connectivity index (χ0) is 6.20. The molecule has 8 heavy (non-hydrogen) atoms. The lowest BCUT2D eigenvalue weighted by atomic mass is 25.9. The molecule has 8 heteroatoms. The Labute approximate surface area is 68.3 Å². The van der Waals surface area contributed by atoms with Crippen LogP contribution in [-0.2, 0) is 0 Å². The van der Waals surface area contributed by atoms with Gasteiger partial charge in [-0.05, 0) is 68.4 Å². The predicted octanol–water partition coefficient (Wildman–Crippen LogP) is -7.33. The van der Waals surface area contributed by atoms with Crippen LogP contribution < -0.4 is 0 Å². The largest absolute Gasteiger partial charge is 0.0114 e. The number of hydrogen-bond acceptors (Lipinski definition) is 0. The molecule has 1 aliphatic rings. The zero-order valence-electron chi connectivity index (χ0n) is 6.20. The molecule has 0 aromatic carbocycles. The molecule has 0 aromatic rings. The first kappa shape index (κ1) is 7.84. The van der Waals surface area contributed by atoms with Crippen molar-refractivity contribution in [3.63, 3.8) is 0 Å². The Kier molecular flexibility index (Phi) is 2.71. The van der Waals surface area contributed by atoms with Gasteiger partial charge >= 0.3 is 0 Å². The second-order valence-electron chi connectivity index (χ2n) is 3.78. The summed E-state index contributed by atoms with van der Waals surface area (Å²) in [5, 5.41) is 0. The summed E-state index contributed by atoms with van der Waals surface area (Å²) >= 11 is 0. The molecule has 0 amide bonds. The van der Waals surface area contributed by atoms with Crippen LogP contribution >= 0.6 is 0 Å². The van der Waals surface area contributed by atoms with Crippen molar-refractivity contribution in [2.24, 2.45) is 0 Å². The van der Waals surface area contributed by atoms with Crippen LogP contribution in [0.4, 0.5) is 0 Å². The van der Waals surface area contributed by atoms with Crippen molar-refractivity contribution in [2.75, 3.05) is 0 Å². The van der Waals surface area contributed by atoms with Gasteiger partial charge in [-0.25, -0.2) is 0 Å². The van der Waals surface area contributed by atoms with E-state index in [9.17, 15) is 0 Å². The van der Waals surface area contributed by atoms with Gasteiger partial charge in [0.1, 0.15) is 0 Å². The number of rotatable bonds is 0. The van der Waals surface area contributed by atoms with Gasteiger partial charge in [0.15, 0.2) is 0 Å². The quantitative estimate of drug-likeness (QED) is 0.369. The van der Waals surface area contributed by atoms with Crippen LogP contribution in [0.2, 0.25) is 0 Å². The number of hydrogen-bond donors (Lipinski definition) is 0. The first-order valence-electron chi connectivity index (χ1n) is 3.63. The van der Waals surface area contributed by atoms with Gasteiger partial charge in [-0.3, -0.25) is 0 Å². The second-order valence-corrected chi connectivity index (χ2v) is 102. The maximum absolute atomic E-state index is 1.82. The highest BCUT2D eigenvalue weighted by Crippen LogP contribution is 1.96. The summed E-state index contributed by atoms with van der Waals surface area (Å²) in [6.45, 7) is 0. The molecule has 1 heterocycles. The first-order valence-corrected chi connectivity index (χ1v) is 32.7. The van der Waals surface area contributed by atoms with Crippen LogP contribution in [0.25, 0.3) is 0 Å². The van der Waals surface area contributed by atoms with E-state index in [1.165, 1.54) is 0 Å². The molecule has 0 aliphatic carbocycles. The fourth-order valence-electron chi connectivity index (χ4n) is 1.50. The van der Waals surface area contributed by atoms with E-state index in [1.54, 1.807) is 0 Å². The lowest BCUT2D eigenvalue weighted by Gasteiger charge is -2.18. The van der Waals surface area contributed by atoms with E-state index < -0.39 is 0 Å². The minimum absolute atomic E-state index is 0.0972. The summed E-state index contributed by atoms with van der Waals surface area (Å²) in [5.74, 6) is 0. The van der Waals surface area contributed by atoms with Crippen LogP contribution in [0.5, 0.6) is 0 Å². The molecule has 0 radical (unpaired) electrons. The van der Waals surface area contributed by atoms with E-state index in [-0.39, 0.29) is 6.14 Å². The molecule has 1 aliphatic heterocycles. The molecule has 1 fully saturated rings. The third kappa shape index (κ3) is 1.62. The summed E-state index contributed by atoms with van der Waals surface area (Å²) in [6, 6.07) is 0. The smallest absolute Gasteiger partial charge is 0.00538 e. The normalized spacial score (nSPS) is 57.8. The van der Waals surface area contributed by atoms with Gasteiger partial charge in [-0.1, -0.05) is 0 Å². The van der Waals surface area contributed by atoms with E-state index >= 15 is 0 Å². The van der Waals surface area contributed by atoms with Gasteiger partial charge in [0.2, 0.25) is 0 Å². The standard InChI is InChI=1S/H16Si8/c1-7-5-4-6-8(7,2)3/h7H,4-6H2,1-3H3. The minimum atomic E-state index is 0.0972. The first-order chi connectivity index (χ1) is 3.63. The van der Waals surface area contributed by atoms with Crippen molar-refractivity contribution in [1.29, 1.82) is 0 Å². The molecule has 0 nitrogen and oxygen atoms in total. The second kappa shape index (κ2) is 2.77. The summed E-state index contributed by atoms with van der Waals surface area (Å²) in [4.78, 5) is 0. The Morgan fingerprint density at radius 3 is 2.12 bits per heavy atom. The van der Waals surface area contributed by atoms with Crippen molar-refractivity contribution in [3.8, 4) is 0 Å². The fourth-order valence-corrected chi connectivity index (χ4v) is 365. The highest BCUT2D eigenvalue weighted by molar-refractivity contribution is 8.09. The summed E-state index contributed by atoms with van der Waals surface area (Å²) in [6.07, 6.45) is 0.0972. The summed E-state index contributed by atoms with van der Waals surface area (Å²) in [5.41, 5.74) is 0. The molecule has 0 bridgehead atoms. The highest BCUT2D eigenvalue weighted by atomic mass is 30.4. The molecule has 0 spiro atoms. The van der Waals surface area contributed by atoms with Crippen LogP contribution in [0, 0.1) is 0 Å². The Bertz CT molecular complexity index is 82.0. The minimum Gasteiger partial charge on any atom is -0.0114 e. The molecule has 0 N–H and O–H groups in total. The molecule has 48 valence electrons. The Morgan fingerprint density at radius 2 is 2.00 bits per heavy atom. The van der Waals surface area contributed by atoms with Crippen LogP contribution in [0.15, 0.2) is 0 Å². The van der Waals surface area contributed by atoms with E-state index in [2.05, 4.69) is 0 Å². The van der Waals surface area contributed by atoms with Crippen LogP contribution in [0.3, 0.4) is 0 Å². The topological polar surface area (TPSA) is 0 Å². The lowest BCUT2D eigenvalue weighted by Crippen LogP contribution is -2.56. The van der Waals surface area contributed by atoms with Crippen molar-refractivity contribution in [1.82, 2.24) is 0 Å². The SMILES string of the molecule is [SiH3][SiH]1[SiH2][SiH2][SiH2][Si]1([SiH3])[SiH3]. The van der Waals surface area contributed by atoms with E-state index in [0.29, 0.717) is 7.35 Å². The van der Waals surface area contributed by atoms with Crippen molar-refractivity contribution >= 4 is 68.4 Å². The maximum atomic E-state index is 1.82. The van der Waals surface area contributed by atoms with Gasteiger partial charge < -0.3 is 0 Å². The van der Waals surface area contributed by atoms with E-state index in [4.69, 9.17) is 0 Å². The molecule has 1 rings (SSSR count). The van der Waals surface area contributed by atoms with Gasteiger partial charge in [-0.15, -0.1) is 0 Å². The van der Waals surface area contributed by atoms with Crippen molar-refractivity contribution in [2.45, 2.75) is 0 Å². The predicted molar refractivity (Wildman–Crippen MR) is 68.4 cm³/mol. The Hall–Kier alpha value is 1.74. The molecule has 0 saturated carbocycles. The van der Waals surface area contributed by atoms with E-state index in [0.717, 1.165) is 25.7 Å². The summed E-state index contributed by atoms with van der Waals surface area (Å²) in [7, 11) is 8.54. The van der Waals surface area contributed by atoms with Crippen LogP contribution in [0.1, 0.15) is 0 Å². The Morgan fingerprint density at radius 1 is 1.38 bits per heavy atom. The fraction of sp³-hybridized carbons (Fsp3) is 0. The van der Waals surface area contributed by atoms with Gasteiger partial charge in [0.05, 0.1) is 0 Å². The highest BCUT2D eigenvalue weighted by Gasteiger charge is 2.33. The molecule has 1 saturated heterocycles. The van der Waals surface area contributed by atoms with Gasteiger partial charge in [-0.2, -0.15) is 0 Å². The monoisotopic (exact) mass is 240 g/mol. The summed E-state index contributed by atoms with van der Waals surface area (Å²) < 4.78 is 0. The average molecular weight is 241 g/mol. The van der Waals surface area contributed by atoms with Gasteiger partial charge in [0, 0.05) is 0 Å². The lowest BCUT2D eigenvalue weighted by molar-refractivity contribution is 3.58. The zero-order valence-corrected chi connectivity index (χ0v) is 18.6. The third-order valence-corrected chi connectivity index (χ3v) is 226. The molecular weight excluding hydrogens is 225 g/mol. The van der Waals surface area contributed by atoms with Crippen molar-refractivity contribution in [3.05, 3.63) is 0 Å². The van der Waals surface area contributed by atoms with Gasteiger partial charge in [0.25, 0.3) is 0 Å². The average Bonchev–Trinajstić information content (AvgIpc) is 1.86. The molecule has 0 aromatic heterocycles. The molecule has 1 atom stereocenters. The van der Waals surface area contributed by atoms with E-state index in [1.807, 2.05) is 29.3 Å². The van der Waals surface area contributed by atoms with Crippen molar-refractivity contribution < 1.29 is 0 Å².